The van der Waals surface area contributed by atoms with Gasteiger partial charge in [-0.15, -0.1) is 0 Å². The second kappa shape index (κ2) is 10.1. The van der Waals surface area contributed by atoms with Crippen molar-refractivity contribution in [3.8, 4) is 11.3 Å². The number of ether oxygens (including phenoxy) is 1. The van der Waals surface area contributed by atoms with Crippen molar-refractivity contribution >= 4 is 28.1 Å². The van der Waals surface area contributed by atoms with E-state index in [-0.39, 0.29) is 5.91 Å². The minimum absolute atomic E-state index is 0.0567. The lowest BCUT2D eigenvalue weighted by Crippen LogP contribution is -2.48. The van der Waals surface area contributed by atoms with Crippen LogP contribution in [0.25, 0.3) is 11.3 Å². The molecule has 2 aromatic carbocycles. The minimum Gasteiger partial charge on any atom is -0.383 e. The van der Waals surface area contributed by atoms with Crippen molar-refractivity contribution in [2.45, 2.75) is 13.8 Å². The molecule has 1 aliphatic heterocycles. The number of nitrogens with zero attached hydrogens (tertiary/aromatic N) is 3. The highest BCUT2D eigenvalue weighted by molar-refractivity contribution is 7.18. The molecule has 0 aliphatic carbocycles. The van der Waals surface area contributed by atoms with Gasteiger partial charge in [0.1, 0.15) is 4.88 Å². The van der Waals surface area contributed by atoms with E-state index in [4.69, 9.17) is 9.72 Å². The van der Waals surface area contributed by atoms with Crippen LogP contribution in [0.5, 0.6) is 0 Å². The summed E-state index contributed by atoms with van der Waals surface area (Å²) in [5, 5.41) is 4.02. The van der Waals surface area contributed by atoms with E-state index >= 15 is 0 Å². The number of anilines is 2. The second-order valence-corrected chi connectivity index (χ2v) is 9.11. The fraction of sp³-hybridized carbons (Fsp3) is 0.360. The van der Waals surface area contributed by atoms with E-state index in [0.717, 1.165) is 29.5 Å². The van der Waals surface area contributed by atoms with E-state index in [1.54, 1.807) is 7.11 Å². The van der Waals surface area contributed by atoms with Gasteiger partial charge in [-0.25, -0.2) is 4.98 Å². The topological polar surface area (TPSA) is 57.7 Å². The van der Waals surface area contributed by atoms with E-state index in [1.165, 1.54) is 28.2 Å². The molecule has 1 aliphatic rings. The van der Waals surface area contributed by atoms with Gasteiger partial charge in [0.15, 0.2) is 5.13 Å². The molecule has 1 aromatic heterocycles. The van der Waals surface area contributed by atoms with E-state index < -0.39 is 0 Å². The molecular formula is C25H30N4O2S. The second-order valence-electron chi connectivity index (χ2n) is 8.11. The van der Waals surface area contributed by atoms with Crippen LogP contribution in [0.2, 0.25) is 0 Å². The zero-order valence-electron chi connectivity index (χ0n) is 18.9. The molecule has 0 spiro atoms. The predicted molar refractivity (Wildman–Crippen MR) is 132 cm³/mol. The molecule has 32 heavy (non-hydrogen) atoms. The van der Waals surface area contributed by atoms with Crippen molar-refractivity contribution in [2.75, 3.05) is 56.7 Å². The first-order valence-electron chi connectivity index (χ1n) is 11.0. The maximum Gasteiger partial charge on any atom is 0.266 e. The van der Waals surface area contributed by atoms with Gasteiger partial charge in [-0.1, -0.05) is 47.7 Å². The van der Waals surface area contributed by atoms with E-state index in [0.29, 0.717) is 31.1 Å². The normalized spacial score (nSPS) is 14.0. The molecule has 4 rings (SSSR count). The van der Waals surface area contributed by atoms with Gasteiger partial charge in [0.05, 0.1) is 12.3 Å². The van der Waals surface area contributed by atoms with E-state index in [2.05, 4.69) is 42.3 Å². The monoisotopic (exact) mass is 450 g/mol. The molecule has 1 fully saturated rings. The van der Waals surface area contributed by atoms with Gasteiger partial charge in [0.2, 0.25) is 0 Å². The van der Waals surface area contributed by atoms with Gasteiger partial charge in [-0.3, -0.25) is 4.79 Å². The predicted octanol–water partition coefficient (Wildman–Crippen LogP) is 4.45. The molecule has 7 heteroatoms. The molecule has 0 atom stereocenters. The largest absolute Gasteiger partial charge is 0.383 e. The highest BCUT2D eigenvalue weighted by atomic mass is 32.1. The van der Waals surface area contributed by atoms with Crippen molar-refractivity contribution in [3.63, 3.8) is 0 Å². The zero-order chi connectivity index (χ0) is 22.5. The Morgan fingerprint density at radius 2 is 1.75 bits per heavy atom. The third kappa shape index (κ3) is 5.11. The van der Waals surface area contributed by atoms with E-state index in [1.807, 2.05) is 35.2 Å². The van der Waals surface area contributed by atoms with Crippen LogP contribution < -0.4 is 10.2 Å². The number of carbonyl (C=O) groups excluding carboxylic acids is 1. The molecule has 0 bridgehead atoms. The van der Waals surface area contributed by atoms with Gasteiger partial charge in [-0.05, 0) is 37.1 Å². The summed E-state index contributed by atoms with van der Waals surface area (Å²) in [6.45, 7) is 8.55. The Bertz CT molecular complexity index is 1040. The van der Waals surface area contributed by atoms with Crippen LogP contribution in [-0.4, -0.2) is 62.2 Å². The molecule has 168 valence electrons. The van der Waals surface area contributed by atoms with Crippen LogP contribution >= 0.6 is 11.3 Å². The summed E-state index contributed by atoms with van der Waals surface area (Å²) in [5.74, 6) is 0.0567. The highest BCUT2D eigenvalue weighted by Gasteiger charge is 2.27. The number of nitrogens with one attached hydrogen (secondary N) is 1. The number of hydrogen-bond donors (Lipinski definition) is 1. The zero-order valence-corrected chi connectivity index (χ0v) is 19.7. The smallest absolute Gasteiger partial charge is 0.266 e. The third-order valence-electron chi connectivity index (χ3n) is 5.59. The van der Waals surface area contributed by atoms with E-state index in [9.17, 15) is 4.79 Å². The summed E-state index contributed by atoms with van der Waals surface area (Å²) in [5.41, 5.74) is 5.48. The highest BCUT2D eigenvalue weighted by Crippen LogP contribution is 2.32. The fourth-order valence-electron chi connectivity index (χ4n) is 4.04. The molecule has 1 saturated heterocycles. The maximum absolute atomic E-state index is 13.5. The lowest BCUT2D eigenvalue weighted by atomic mass is 10.1. The molecule has 0 saturated carbocycles. The van der Waals surface area contributed by atoms with Gasteiger partial charge < -0.3 is 19.9 Å². The number of methoxy groups -OCH3 is 1. The summed E-state index contributed by atoms with van der Waals surface area (Å²) >= 11 is 1.43. The van der Waals surface area contributed by atoms with Crippen LogP contribution in [0.3, 0.4) is 0 Å². The van der Waals surface area contributed by atoms with Crippen LogP contribution in [-0.2, 0) is 4.74 Å². The number of piperazine rings is 1. The lowest BCUT2D eigenvalue weighted by Gasteiger charge is -2.36. The number of hydrogen-bond acceptors (Lipinski definition) is 6. The van der Waals surface area contributed by atoms with Crippen LogP contribution in [0.1, 0.15) is 20.8 Å². The molecule has 0 radical (unpaired) electrons. The van der Waals surface area contributed by atoms with Gasteiger partial charge in [-0.2, -0.15) is 0 Å². The fourth-order valence-corrected chi connectivity index (χ4v) is 5.02. The van der Waals surface area contributed by atoms with Gasteiger partial charge in [0, 0.05) is 51.1 Å². The van der Waals surface area contributed by atoms with Crippen LogP contribution in [0, 0.1) is 13.8 Å². The first-order valence-corrected chi connectivity index (χ1v) is 11.8. The molecule has 6 nitrogen and oxygen atoms in total. The maximum atomic E-state index is 13.5. The van der Waals surface area contributed by atoms with Crippen LogP contribution in [0.15, 0.2) is 48.5 Å². The quantitative estimate of drug-likeness (QED) is 0.539. The van der Waals surface area contributed by atoms with Crippen molar-refractivity contribution < 1.29 is 9.53 Å². The number of amides is 1. The SMILES string of the molecule is COCCNc1nc(-c2ccccc2)c(C(=O)N2CCN(c3cc(C)cc(C)c3)CC2)s1. The van der Waals surface area contributed by atoms with Crippen molar-refractivity contribution in [1.82, 2.24) is 9.88 Å². The molecule has 0 unspecified atom stereocenters. The Morgan fingerprint density at radius 1 is 1.06 bits per heavy atom. The van der Waals surface area contributed by atoms with Gasteiger partial charge >= 0.3 is 0 Å². The van der Waals surface area contributed by atoms with Crippen molar-refractivity contribution in [3.05, 3.63) is 64.5 Å². The first-order chi connectivity index (χ1) is 15.5. The average Bonchev–Trinajstić information content (AvgIpc) is 3.23. The average molecular weight is 451 g/mol. The summed E-state index contributed by atoms with van der Waals surface area (Å²) in [7, 11) is 1.67. The molecular weight excluding hydrogens is 420 g/mol. The standard InChI is InChI=1S/C25H30N4O2S/c1-18-15-19(2)17-21(16-18)28-10-12-29(13-11-28)24(30)23-22(20-7-5-4-6-8-20)27-25(32-23)26-9-14-31-3/h4-8,15-17H,9-14H2,1-3H3,(H,26,27). The number of rotatable bonds is 7. The Labute approximate surface area is 193 Å². The Kier molecular flexibility index (Phi) is 7.07. The molecule has 1 N–H and O–H groups in total. The molecule has 2 heterocycles. The molecule has 3 aromatic rings. The summed E-state index contributed by atoms with van der Waals surface area (Å²) in [4.78, 5) is 23.3. The number of carbonyl (C=O) groups is 1. The number of aryl methyl sites for hydroxylation is 2. The Morgan fingerprint density at radius 3 is 2.41 bits per heavy atom. The lowest BCUT2D eigenvalue weighted by molar-refractivity contribution is 0.0752. The van der Waals surface area contributed by atoms with Gasteiger partial charge in [0.25, 0.3) is 5.91 Å². The number of aromatic nitrogens is 1. The Hall–Kier alpha value is -2.90. The summed E-state index contributed by atoms with van der Waals surface area (Å²) < 4.78 is 5.12. The molecule has 1 amide bonds. The van der Waals surface area contributed by atoms with Crippen LogP contribution in [0.4, 0.5) is 10.8 Å². The number of thiazole rings is 1. The third-order valence-corrected chi connectivity index (χ3v) is 6.59. The summed E-state index contributed by atoms with van der Waals surface area (Å²) in [6, 6.07) is 16.6. The first kappa shape index (κ1) is 22.3. The number of benzene rings is 2. The summed E-state index contributed by atoms with van der Waals surface area (Å²) in [6.07, 6.45) is 0. The Balaban J connectivity index is 1.51. The van der Waals surface area contributed by atoms with Crippen molar-refractivity contribution in [2.24, 2.45) is 0 Å². The van der Waals surface area contributed by atoms with Crippen molar-refractivity contribution in [1.29, 1.82) is 0 Å². The minimum atomic E-state index is 0.0567.